The van der Waals surface area contributed by atoms with Crippen LogP contribution in [0, 0.1) is 12.3 Å². The van der Waals surface area contributed by atoms with Gasteiger partial charge in [0.05, 0.1) is 11.3 Å². The zero-order valence-electron chi connectivity index (χ0n) is 13.5. The van der Waals surface area contributed by atoms with E-state index in [0.717, 1.165) is 31.6 Å². The third kappa shape index (κ3) is 4.00. The molecule has 0 saturated carbocycles. The Labute approximate surface area is 127 Å². The van der Waals surface area contributed by atoms with Gasteiger partial charge >= 0.3 is 0 Å². The maximum Gasteiger partial charge on any atom is 0.254 e. The number of nitrogens with one attached hydrogen (secondary N) is 2. The fourth-order valence-electron chi connectivity index (χ4n) is 2.70. The molecule has 5 heteroatoms. The van der Waals surface area contributed by atoms with Crippen molar-refractivity contribution in [3.05, 3.63) is 23.3 Å². The number of rotatable bonds is 4. The minimum atomic E-state index is -0.0570. The molecule has 0 aliphatic carbocycles. The van der Waals surface area contributed by atoms with E-state index < -0.39 is 0 Å². The SMILES string of the molecule is Cc1ncc(C(=O)NCC2(C)CCNCC2)c(C(C)C)n1. The zero-order valence-corrected chi connectivity index (χ0v) is 13.5. The van der Waals surface area contributed by atoms with Crippen LogP contribution in [0.25, 0.3) is 0 Å². The maximum absolute atomic E-state index is 12.5. The highest BCUT2D eigenvalue weighted by molar-refractivity contribution is 5.95. The molecule has 21 heavy (non-hydrogen) atoms. The molecule has 1 aliphatic rings. The molecule has 1 fully saturated rings. The van der Waals surface area contributed by atoms with Gasteiger partial charge in [-0.2, -0.15) is 0 Å². The van der Waals surface area contributed by atoms with Gasteiger partial charge in [-0.15, -0.1) is 0 Å². The van der Waals surface area contributed by atoms with Gasteiger partial charge in [0, 0.05) is 12.7 Å². The van der Waals surface area contributed by atoms with Gasteiger partial charge in [0.1, 0.15) is 5.82 Å². The Morgan fingerprint density at radius 1 is 1.43 bits per heavy atom. The van der Waals surface area contributed by atoms with Crippen LogP contribution in [-0.4, -0.2) is 35.5 Å². The van der Waals surface area contributed by atoms with Gasteiger partial charge < -0.3 is 10.6 Å². The number of hydrogen-bond acceptors (Lipinski definition) is 4. The summed E-state index contributed by atoms with van der Waals surface area (Å²) in [5.41, 5.74) is 1.62. The fourth-order valence-corrected chi connectivity index (χ4v) is 2.70. The fraction of sp³-hybridized carbons (Fsp3) is 0.688. The lowest BCUT2D eigenvalue weighted by Crippen LogP contribution is -2.43. The Kier molecular flexibility index (Phi) is 4.93. The molecule has 1 saturated heterocycles. The van der Waals surface area contributed by atoms with Crippen LogP contribution in [0.4, 0.5) is 0 Å². The summed E-state index contributed by atoms with van der Waals surface area (Å²) in [5, 5.41) is 6.43. The first-order chi connectivity index (χ1) is 9.91. The van der Waals surface area contributed by atoms with Crippen LogP contribution in [0.15, 0.2) is 6.20 Å². The van der Waals surface area contributed by atoms with Crippen molar-refractivity contribution in [2.24, 2.45) is 5.41 Å². The molecule has 0 spiro atoms. The predicted molar refractivity (Wildman–Crippen MR) is 83.4 cm³/mol. The highest BCUT2D eigenvalue weighted by Gasteiger charge is 2.27. The average molecular weight is 290 g/mol. The molecular weight excluding hydrogens is 264 g/mol. The molecule has 2 N–H and O–H groups in total. The van der Waals surface area contributed by atoms with Crippen molar-refractivity contribution in [2.75, 3.05) is 19.6 Å². The van der Waals surface area contributed by atoms with E-state index >= 15 is 0 Å². The van der Waals surface area contributed by atoms with Gasteiger partial charge in [-0.05, 0) is 44.2 Å². The first-order valence-electron chi connectivity index (χ1n) is 7.74. The monoisotopic (exact) mass is 290 g/mol. The zero-order chi connectivity index (χ0) is 15.5. The van der Waals surface area contributed by atoms with E-state index in [0.29, 0.717) is 17.9 Å². The van der Waals surface area contributed by atoms with Crippen molar-refractivity contribution < 1.29 is 4.79 Å². The highest BCUT2D eigenvalue weighted by atomic mass is 16.1. The largest absolute Gasteiger partial charge is 0.351 e. The quantitative estimate of drug-likeness (QED) is 0.890. The second kappa shape index (κ2) is 6.52. The first-order valence-corrected chi connectivity index (χ1v) is 7.74. The lowest BCUT2D eigenvalue weighted by molar-refractivity contribution is 0.0920. The Morgan fingerprint density at radius 3 is 2.71 bits per heavy atom. The molecular formula is C16H26N4O. The van der Waals surface area contributed by atoms with Crippen molar-refractivity contribution in [2.45, 2.75) is 46.5 Å². The molecule has 2 rings (SSSR count). The van der Waals surface area contributed by atoms with Gasteiger partial charge in [-0.3, -0.25) is 4.79 Å². The number of carbonyl (C=O) groups excluding carboxylic acids is 1. The average Bonchev–Trinajstić information content (AvgIpc) is 2.45. The van der Waals surface area contributed by atoms with Gasteiger partial charge in [-0.25, -0.2) is 9.97 Å². The standard InChI is InChI=1S/C16H26N4O/c1-11(2)14-13(9-18-12(3)20-14)15(21)19-10-16(4)5-7-17-8-6-16/h9,11,17H,5-8,10H2,1-4H3,(H,19,21). The molecule has 0 aromatic carbocycles. The van der Waals surface area contributed by atoms with Crippen molar-refractivity contribution in [3.63, 3.8) is 0 Å². The highest BCUT2D eigenvalue weighted by Crippen LogP contribution is 2.27. The molecule has 0 unspecified atom stereocenters. The molecule has 1 amide bonds. The van der Waals surface area contributed by atoms with E-state index in [9.17, 15) is 4.79 Å². The number of hydrogen-bond donors (Lipinski definition) is 2. The smallest absolute Gasteiger partial charge is 0.254 e. The first kappa shape index (κ1) is 15.9. The van der Waals surface area contributed by atoms with Crippen LogP contribution in [0.2, 0.25) is 0 Å². The Balaban J connectivity index is 2.06. The second-order valence-corrected chi connectivity index (χ2v) is 6.61. The number of aryl methyl sites for hydroxylation is 1. The van der Waals surface area contributed by atoms with Crippen molar-refractivity contribution >= 4 is 5.91 Å². The Morgan fingerprint density at radius 2 is 2.10 bits per heavy atom. The predicted octanol–water partition coefficient (Wildman–Crippen LogP) is 2.03. The van der Waals surface area contributed by atoms with Crippen LogP contribution in [0.1, 0.15) is 61.4 Å². The van der Waals surface area contributed by atoms with E-state index in [4.69, 9.17) is 0 Å². The molecule has 1 aromatic rings. The number of carbonyl (C=O) groups is 1. The molecule has 5 nitrogen and oxygen atoms in total. The molecule has 1 aliphatic heterocycles. The van der Waals surface area contributed by atoms with Crippen molar-refractivity contribution in [1.82, 2.24) is 20.6 Å². The summed E-state index contributed by atoms with van der Waals surface area (Å²) in [6.07, 6.45) is 3.83. The van der Waals surface area contributed by atoms with Crippen LogP contribution < -0.4 is 10.6 Å². The molecule has 1 aromatic heterocycles. The third-order valence-corrected chi connectivity index (χ3v) is 4.22. The van der Waals surface area contributed by atoms with Crippen LogP contribution >= 0.6 is 0 Å². The molecule has 2 heterocycles. The van der Waals surface area contributed by atoms with E-state index in [2.05, 4.69) is 27.5 Å². The Hall–Kier alpha value is -1.49. The summed E-state index contributed by atoms with van der Waals surface area (Å²) >= 11 is 0. The molecule has 116 valence electrons. The summed E-state index contributed by atoms with van der Waals surface area (Å²) in [6.45, 7) is 10.9. The van der Waals surface area contributed by atoms with Crippen LogP contribution in [-0.2, 0) is 0 Å². The van der Waals surface area contributed by atoms with Gasteiger partial charge in [0.25, 0.3) is 5.91 Å². The van der Waals surface area contributed by atoms with Crippen LogP contribution in [0.5, 0.6) is 0 Å². The van der Waals surface area contributed by atoms with Gasteiger partial charge in [-0.1, -0.05) is 20.8 Å². The van der Waals surface area contributed by atoms with Crippen molar-refractivity contribution in [1.29, 1.82) is 0 Å². The second-order valence-electron chi connectivity index (χ2n) is 6.61. The Bertz CT molecular complexity index is 507. The number of piperidine rings is 1. The minimum Gasteiger partial charge on any atom is -0.351 e. The minimum absolute atomic E-state index is 0.0570. The lowest BCUT2D eigenvalue weighted by Gasteiger charge is -2.34. The number of aromatic nitrogens is 2. The summed E-state index contributed by atoms with van der Waals surface area (Å²) in [5.74, 6) is 0.862. The van der Waals surface area contributed by atoms with E-state index in [1.165, 1.54) is 0 Å². The maximum atomic E-state index is 12.5. The lowest BCUT2D eigenvalue weighted by atomic mass is 9.81. The molecule has 0 bridgehead atoms. The van der Waals surface area contributed by atoms with Crippen LogP contribution in [0.3, 0.4) is 0 Å². The van der Waals surface area contributed by atoms with Gasteiger partial charge in [0.15, 0.2) is 0 Å². The topological polar surface area (TPSA) is 66.9 Å². The van der Waals surface area contributed by atoms with Gasteiger partial charge in [0.2, 0.25) is 0 Å². The number of amides is 1. The summed E-state index contributed by atoms with van der Waals surface area (Å²) in [6, 6.07) is 0. The summed E-state index contributed by atoms with van der Waals surface area (Å²) in [4.78, 5) is 21.1. The van der Waals surface area contributed by atoms with E-state index in [1.807, 2.05) is 20.8 Å². The van der Waals surface area contributed by atoms with Crippen molar-refractivity contribution in [3.8, 4) is 0 Å². The van der Waals surface area contributed by atoms with E-state index in [1.54, 1.807) is 6.20 Å². The normalized spacial score (nSPS) is 17.8. The molecule has 0 radical (unpaired) electrons. The number of nitrogens with zero attached hydrogens (tertiary/aromatic N) is 2. The summed E-state index contributed by atoms with van der Waals surface area (Å²) < 4.78 is 0. The third-order valence-electron chi connectivity index (χ3n) is 4.22. The molecule has 0 atom stereocenters. The van der Waals surface area contributed by atoms with E-state index in [-0.39, 0.29) is 17.2 Å². The summed E-state index contributed by atoms with van der Waals surface area (Å²) in [7, 11) is 0.